The number of nitrogens with zero attached hydrogens (tertiary/aromatic N) is 1. The smallest absolute Gasteiger partial charge is 0.258 e. The Morgan fingerprint density at radius 2 is 1.78 bits per heavy atom. The molecule has 0 aliphatic rings. The first-order valence-corrected chi connectivity index (χ1v) is 7.84. The van der Waals surface area contributed by atoms with Gasteiger partial charge in [-0.1, -0.05) is 38.1 Å². The first-order chi connectivity index (χ1) is 11.1. The third kappa shape index (κ3) is 3.14. The summed E-state index contributed by atoms with van der Waals surface area (Å²) in [6, 6.07) is 16.0. The zero-order valence-corrected chi connectivity index (χ0v) is 13.7. The SMILES string of the molecule is COc1ccc2c(=O)n(Cc3ccc(C(C)C)cc3)ccc2c1. The highest BCUT2D eigenvalue weighted by molar-refractivity contribution is 5.82. The Morgan fingerprint density at radius 1 is 1.04 bits per heavy atom. The molecule has 0 fully saturated rings. The number of rotatable bonds is 4. The molecule has 2 aromatic carbocycles. The molecular weight excluding hydrogens is 286 g/mol. The van der Waals surface area contributed by atoms with E-state index in [1.54, 1.807) is 11.7 Å². The lowest BCUT2D eigenvalue weighted by molar-refractivity contribution is 0.415. The molecule has 23 heavy (non-hydrogen) atoms. The predicted octanol–water partition coefficient (Wildman–Crippen LogP) is 4.18. The maximum Gasteiger partial charge on any atom is 0.258 e. The van der Waals surface area contributed by atoms with Crippen LogP contribution in [0.3, 0.4) is 0 Å². The van der Waals surface area contributed by atoms with Gasteiger partial charge in [-0.25, -0.2) is 0 Å². The van der Waals surface area contributed by atoms with Crippen LogP contribution < -0.4 is 10.3 Å². The Morgan fingerprint density at radius 3 is 2.43 bits per heavy atom. The first kappa shape index (κ1) is 15.3. The number of benzene rings is 2. The van der Waals surface area contributed by atoms with Crippen molar-refractivity contribution in [2.24, 2.45) is 0 Å². The second-order valence-electron chi connectivity index (χ2n) is 6.10. The molecule has 0 saturated carbocycles. The summed E-state index contributed by atoms with van der Waals surface area (Å²) in [5.74, 6) is 1.28. The lowest BCUT2D eigenvalue weighted by Crippen LogP contribution is -2.20. The van der Waals surface area contributed by atoms with Crippen molar-refractivity contribution in [1.82, 2.24) is 4.57 Å². The van der Waals surface area contributed by atoms with E-state index in [-0.39, 0.29) is 5.56 Å². The van der Waals surface area contributed by atoms with E-state index >= 15 is 0 Å². The minimum Gasteiger partial charge on any atom is -0.497 e. The van der Waals surface area contributed by atoms with Gasteiger partial charge in [0.05, 0.1) is 13.7 Å². The molecule has 3 rings (SSSR count). The van der Waals surface area contributed by atoms with Crippen LogP contribution in [0.1, 0.15) is 30.9 Å². The number of aromatic nitrogens is 1. The van der Waals surface area contributed by atoms with E-state index in [9.17, 15) is 4.79 Å². The zero-order valence-electron chi connectivity index (χ0n) is 13.7. The summed E-state index contributed by atoms with van der Waals surface area (Å²) in [6.45, 7) is 4.94. The number of fused-ring (bicyclic) bond motifs is 1. The van der Waals surface area contributed by atoms with Gasteiger partial charge in [-0.2, -0.15) is 0 Å². The van der Waals surface area contributed by atoms with Gasteiger partial charge in [0.2, 0.25) is 0 Å². The average Bonchev–Trinajstić information content (AvgIpc) is 2.57. The van der Waals surface area contributed by atoms with Gasteiger partial charge in [0, 0.05) is 11.6 Å². The van der Waals surface area contributed by atoms with Crippen molar-refractivity contribution in [2.75, 3.05) is 7.11 Å². The second kappa shape index (κ2) is 6.29. The highest BCUT2D eigenvalue weighted by Crippen LogP contribution is 2.18. The molecule has 0 N–H and O–H groups in total. The van der Waals surface area contributed by atoms with Crippen LogP contribution >= 0.6 is 0 Å². The molecule has 0 aliphatic heterocycles. The van der Waals surface area contributed by atoms with Crippen LogP contribution in [0.15, 0.2) is 59.5 Å². The largest absolute Gasteiger partial charge is 0.497 e. The molecule has 118 valence electrons. The standard InChI is InChI=1S/C20H21NO2/c1-14(2)16-6-4-15(5-7-16)13-21-11-10-17-12-18(23-3)8-9-19(17)20(21)22/h4-12,14H,13H2,1-3H3. The summed E-state index contributed by atoms with van der Waals surface area (Å²) in [7, 11) is 1.63. The van der Waals surface area contributed by atoms with Gasteiger partial charge < -0.3 is 9.30 Å². The first-order valence-electron chi connectivity index (χ1n) is 7.84. The topological polar surface area (TPSA) is 31.2 Å². The van der Waals surface area contributed by atoms with Crippen molar-refractivity contribution < 1.29 is 4.74 Å². The summed E-state index contributed by atoms with van der Waals surface area (Å²) in [4.78, 5) is 12.6. The van der Waals surface area contributed by atoms with E-state index in [0.717, 1.165) is 16.7 Å². The third-order valence-corrected chi connectivity index (χ3v) is 4.18. The lowest BCUT2D eigenvalue weighted by atomic mass is 10.0. The Kier molecular flexibility index (Phi) is 4.20. The molecule has 1 heterocycles. The molecule has 3 nitrogen and oxygen atoms in total. The van der Waals surface area contributed by atoms with Crippen LogP contribution in [0.4, 0.5) is 0 Å². The van der Waals surface area contributed by atoms with E-state index in [0.29, 0.717) is 17.8 Å². The van der Waals surface area contributed by atoms with Crippen LogP contribution in [-0.4, -0.2) is 11.7 Å². The van der Waals surface area contributed by atoms with Crippen molar-refractivity contribution in [2.45, 2.75) is 26.3 Å². The van der Waals surface area contributed by atoms with Crippen LogP contribution in [0.5, 0.6) is 5.75 Å². The second-order valence-corrected chi connectivity index (χ2v) is 6.10. The maximum atomic E-state index is 12.6. The van der Waals surface area contributed by atoms with E-state index < -0.39 is 0 Å². The molecule has 3 aromatic rings. The van der Waals surface area contributed by atoms with Gasteiger partial charge in [0.15, 0.2) is 0 Å². The normalized spacial score (nSPS) is 11.1. The monoisotopic (exact) mass is 307 g/mol. The Bertz CT molecular complexity index is 876. The van der Waals surface area contributed by atoms with Crippen molar-refractivity contribution in [3.8, 4) is 5.75 Å². The number of ether oxygens (including phenoxy) is 1. The zero-order chi connectivity index (χ0) is 16.4. The molecule has 0 saturated heterocycles. The number of pyridine rings is 1. The van der Waals surface area contributed by atoms with Crippen LogP contribution in [0.2, 0.25) is 0 Å². The molecule has 0 amide bonds. The van der Waals surface area contributed by atoms with Crippen molar-refractivity contribution >= 4 is 10.8 Å². The Labute approximate surface area is 136 Å². The molecular formula is C20H21NO2. The average molecular weight is 307 g/mol. The fraction of sp³-hybridized carbons (Fsp3) is 0.250. The molecule has 1 aromatic heterocycles. The van der Waals surface area contributed by atoms with Crippen LogP contribution in [-0.2, 0) is 6.54 Å². The number of methoxy groups -OCH3 is 1. The van der Waals surface area contributed by atoms with Gasteiger partial charge in [0.25, 0.3) is 5.56 Å². The third-order valence-electron chi connectivity index (χ3n) is 4.18. The summed E-state index contributed by atoms with van der Waals surface area (Å²) >= 11 is 0. The van der Waals surface area contributed by atoms with E-state index in [1.165, 1.54) is 5.56 Å². The molecule has 0 spiro atoms. The highest BCUT2D eigenvalue weighted by atomic mass is 16.5. The highest BCUT2D eigenvalue weighted by Gasteiger charge is 2.05. The fourth-order valence-corrected chi connectivity index (χ4v) is 2.72. The maximum absolute atomic E-state index is 12.6. The predicted molar refractivity (Wildman–Crippen MR) is 94.4 cm³/mol. The van der Waals surface area contributed by atoms with E-state index in [2.05, 4.69) is 38.1 Å². The van der Waals surface area contributed by atoms with Crippen LogP contribution in [0, 0.1) is 0 Å². The number of hydrogen-bond donors (Lipinski definition) is 0. The molecule has 0 radical (unpaired) electrons. The van der Waals surface area contributed by atoms with Gasteiger partial charge in [0.1, 0.15) is 5.75 Å². The Balaban J connectivity index is 1.94. The van der Waals surface area contributed by atoms with Gasteiger partial charge in [-0.3, -0.25) is 4.79 Å². The number of hydrogen-bond acceptors (Lipinski definition) is 2. The van der Waals surface area contributed by atoms with E-state index in [1.807, 2.05) is 30.5 Å². The molecule has 0 bridgehead atoms. The van der Waals surface area contributed by atoms with E-state index in [4.69, 9.17) is 4.74 Å². The quantitative estimate of drug-likeness (QED) is 0.724. The molecule has 0 unspecified atom stereocenters. The van der Waals surface area contributed by atoms with Crippen molar-refractivity contribution in [3.63, 3.8) is 0 Å². The minimum atomic E-state index is 0.0260. The lowest BCUT2D eigenvalue weighted by Gasteiger charge is -2.10. The molecule has 0 aliphatic carbocycles. The summed E-state index contributed by atoms with van der Waals surface area (Å²) in [5.41, 5.74) is 2.47. The minimum absolute atomic E-state index is 0.0260. The van der Waals surface area contributed by atoms with Gasteiger partial charge in [-0.15, -0.1) is 0 Å². The fourth-order valence-electron chi connectivity index (χ4n) is 2.72. The van der Waals surface area contributed by atoms with Crippen molar-refractivity contribution in [1.29, 1.82) is 0 Å². The molecule has 3 heteroatoms. The summed E-state index contributed by atoms with van der Waals surface area (Å²) in [6.07, 6.45) is 1.85. The van der Waals surface area contributed by atoms with Gasteiger partial charge >= 0.3 is 0 Å². The van der Waals surface area contributed by atoms with Gasteiger partial charge in [-0.05, 0) is 46.7 Å². The summed E-state index contributed by atoms with van der Waals surface area (Å²) in [5, 5.41) is 1.62. The molecule has 0 atom stereocenters. The Hall–Kier alpha value is -2.55. The van der Waals surface area contributed by atoms with Crippen molar-refractivity contribution in [3.05, 3.63) is 76.2 Å². The summed E-state index contributed by atoms with van der Waals surface area (Å²) < 4.78 is 6.96. The van der Waals surface area contributed by atoms with Crippen LogP contribution in [0.25, 0.3) is 10.8 Å².